The number of rotatable bonds is 6. The van der Waals surface area contributed by atoms with E-state index in [2.05, 4.69) is 5.32 Å². The van der Waals surface area contributed by atoms with Gasteiger partial charge in [-0.2, -0.15) is 0 Å². The molecule has 7 heteroatoms. The first-order valence-electron chi connectivity index (χ1n) is 6.75. The molecule has 4 N–H and O–H groups in total. The quantitative estimate of drug-likeness (QED) is 0.614. The first kappa shape index (κ1) is 15.7. The number of nitrogens with two attached hydrogens (primary N) is 1. The molecule has 0 bridgehead atoms. The third-order valence-electron chi connectivity index (χ3n) is 3.17. The van der Waals surface area contributed by atoms with Gasteiger partial charge in [0, 0.05) is 19.6 Å². The Hall–Kier alpha value is -1.70. The summed E-state index contributed by atoms with van der Waals surface area (Å²) >= 11 is 4.96. The molecule has 0 aromatic heterocycles. The van der Waals surface area contributed by atoms with E-state index in [4.69, 9.17) is 22.7 Å². The molecule has 1 aromatic rings. The van der Waals surface area contributed by atoms with E-state index in [1.54, 1.807) is 12.1 Å². The van der Waals surface area contributed by atoms with Crippen LogP contribution in [0.3, 0.4) is 0 Å². The number of aliphatic hydroxyl groups excluding tert-OH is 1. The molecule has 1 aliphatic rings. The van der Waals surface area contributed by atoms with Gasteiger partial charge >= 0.3 is 0 Å². The number of carbonyl (C=O) groups is 1. The highest BCUT2D eigenvalue weighted by Crippen LogP contribution is 2.17. The standard InChI is InChI=1S/C14H19N3O3S/c15-14(21)11-3-1-2-4-12(11)20-9-10(18)7-17-6-5-16-13(19)8-17/h1-4,10,18H,5-9H2,(H2,15,21)(H,16,19). The van der Waals surface area contributed by atoms with Crippen molar-refractivity contribution < 1.29 is 14.6 Å². The number of nitrogens with one attached hydrogen (secondary N) is 1. The van der Waals surface area contributed by atoms with Crippen LogP contribution in [-0.4, -0.2) is 59.8 Å². The van der Waals surface area contributed by atoms with Gasteiger partial charge in [0.1, 0.15) is 23.4 Å². The zero-order chi connectivity index (χ0) is 15.2. The number of piperazine rings is 1. The molecule has 21 heavy (non-hydrogen) atoms. The average molecular weight is 309 g/mol. The zero-order valence-electron chi connectivity index (χ0n) is 11.6. The van der Waals surface area contributed by atoms with Crippen molar-refractivity contribution in [3.05, 3.63) is 29.8 Å². The van der Waals surface area contributed by atoms with Crippen LogP contribution in [-0.2, 0) is 4.79 Å². The Bertz CT molecular complexity index is 524. The fourth-order valence-electron chi connectivity index (χ4n) is 2.18. The molecule has 0 spiro atoms. The maximum Gasteiger partial charge on any atom is 0.234 e. The van der Waals surface area contributed by atoms with Crippen molar-refractivity contribution >= 4 is 23.1 Å². The second kappa shape index (κ2) is 7.35. The van der Waals surface area contributed by atoms with E-state index in [1.165, 1.54) is 0 Å². The van der Waals surface area contributed by atoms with Gasteiger partial charge in [0.25, 0.3) is 0 Å². The number of β-amino-alcohol motifs (C(OH)–C–C–N with tert-alkyl or cyclic N) is 1. The van der Waals surface area contributed by atoms with E-state index < -0.39 is 6.10 Å². The lowest BCUT2D eigenvalue weighted by Crippen LogP contribution is -2.50. The van der Waals surface area contributed by atoms with E-state index in [9.17, 15) is 9.90 Å². The van der Waals surface area contributed by atoms with Gasteiger partial charge in [0.2, 0.25) is 5.91 Å². The predicted octanol–water partition coefficient (Wildman–Crippen LogP) is -0.508. The minimum atomic E-state index is -0.685. The highest BCUT2D eigenvalue weighted by molar-refractivity contribution is 7.80. The number of para-hydroxylation sites is 1. The minimum absolute atomic E-state index is 0.0202. The molecule has 0 saturated carbocycles. The summed E-state index contributed by atoms with van der Waals surface area (Å²) in [6, 6.07) is 7.18. The van der Waals surface area contributed by atoms with Crippen molar-refractivity contribution in [2.75, 3.05) is 32.8 Å². The summed E-state index contributed by atoms with van der Waals surface area (Å²) in [4.78, 5) is 13.4. The Balaban J connectivity index is 1.85. The fraction of sp³-hybridized carbons (Fsp3) is 0.429. The smallest absolute Gasteiger partial charge is 0.234 e. The maximum absolute atomic E-state index is 11.3. The van der Waals surface area contributed by atoms with Crippen molar-refractivity contribution in [1.29, 1.82) is 0 Å². The monoisotopic (exact) mass is 309 g/mol. The fourth-order valence-corrected chi connectivity index (χ4v) is 2.35. The molecule has 6 nitrogen and oxygen atoms in total. The molecule has 0 aliphatic carbocycles. The Kier molecular flexibility index (Phi) is 5.49. The maximum atomic E-state index is 11.3. The van der Waals surface area contributed by atoms with Crippen LogP contribution in [0.15, 0.2) is 24.3 Å². The normalized spacial score (nSPS) is 17.1. The molecule has 2 rings (SSSR count). The summed E-state index contributed by atoms with van der Waals surface area (Å²) in [5.41, 5.74) is 6.27. The van der Waals surface area contributed by atoms with Crippen LogP contribution in [0.4, 0.5) is 0 Å². The van der Waals surface area contributed by atoms with Gasteiger partial charge in [-0.1, -0.05) is 24.4 Å². The van der Waals surface area contributed by atoms with Crippen LogP contribution in [0, 0.1) is 0 Å². The van der Waals surface area contributed by atoms with E-state index in [-0.39, 0.29) is 17.5 Å². The van der Waals surface area contributed by atoms with Crippen LogP contribution >= 0.6 is 12.2 Å². The number of hydrogen-bond donors (Lipinski definition) is 3. The largest absolute Gasteiger partial charge is 0.490 e. The number of amides is 1. The third kappa shape index (κ3) is 4.66. The molecule has 1 unspecified atom stereocenters. The van der Waals surface area contributed by atoms with Crippen LogP contribution in [0.5, 0.6) is 5.75 Å². The molecule has 1 saturated heterocycles. The number of aliphatic hydroxyl groups is 1. The second-order valence-corrected chi connectivity index (χ2v) is 5.35. The van der Waals surface area contributed by atoms with E-state index >= 15 is 0 Å². The van der Waals surface area contributed by atoms with Crippen molar-refractivity contribution in [3.8, 4) is 5.75 Å². The predicted molar refractivity (Wildman–Crippen MR) is 83.3 cm³/mol. The van der Waals surface area contributed by atoms with Crippen LogP contribution < -0.4 is 15.8 Å². The minimum Gasteiger partial charge on any atom is -0.490 e. The summed E-state index contributed by atoms with van der Waals surface area (Å²) in [5.74, 6) is 0.536. The molecule has 1 atom stereocenters. The molecule has 1 heterocycles. The Labute approximate surface area is 128 Å². The number of benzene rings is 1. The molecular formula is C14H19N3O3S. The summed E-state index contributed by atoms with van der Waals surface area (Å²) in [5, 5.41) is 12.8. The molecule has 1 aliphatic heterocycles. The number of hydrogen-bond acceptors (Lipinski definition) is 5. The highest BCUT2D eigenvalue weighted by atomic mass is 32.1. The second-order valence-electron chi connectivity index (χ2n) is 4.91. The molecular weight excluding hydrogens is 290 g/mol. The van der Waals surface area contributed by atoms with Gasteiger partial charge in [0.05, 0.1) is 12.1 Å². The van der Waals surface area contributed by atoms with Gasteiger partial charge in [-0.15, -0.1) is 0 Å². The molecule has 1 aromatic carbocycles. The van der Waals surface area contributed by atoms with Crippen LogP contribution in [0.2, 0.25) is 0 Å². The number of ether oxygens (including phenoxy) is 1. The lowest BCUT2D eigenvalue weighted by molar-refractivity contribution is -0.124. The Morgan fingerprint density at radius 2 is 2.29 bits per heavy atom. The van der Waals surface area contributed by atoms with Crippen molar-refractivity contribution in [3.63, 3.8) is 0 Å². The Morgan fingerprint density at radius 3 is 3.00 bits per heavy atom. The average Bonchev–Trinajstić information content (AvgIpc) is 2.45. The molecule has 1 fully saturated rings. The van der Waals surface area contributed by atoms with E-state index in [0.29, 0.717) is 30.9 Å². The van der Waals surface area contributed by atoms with Crippen molar-refractivity contribution in [1.82, 2.24) is 10.2 Å². The highest BCUT2D eigenvalue weighted by Gasteiger charge is 2.19. The topological polar surface area (TPSA) is 87.8 Å². The summed E-state index contributed by atoms with van der Waals surface area (Å²) < 4.78 is 5.58. The van der Waals surface area contributed by atoms with Crippen LogP contribution in [0.25, 0.3) is 0 Å². The first-order valence-corrected chi connectivity index (χ1v) is 7.16. The van der Waals surface area contributed by atoms with Gasteiger partial charge in [0.15, 0.2) is 0 Å². The summed E-state index contributed by atoms with van der Waals surface area (Å²) in [6.45, 7) is 2.16. The SMILES string of the molecule is NC(=S)c1ccccc1OCC(O)CN1CCNC(=O)C1. The molecule has 0 radical (unpaired) electrons. The van der Waals surface area contributed by atoms with Crippen molar-refractivity contribution in [2.24, 2.45) is 5.73 Å². The van der Waals surface area contributed by atoms with Crippen LogP contribution in [0.1, 0.15) is 5.56 Å². The molecule has 114 valence electrons. The molecule has 1 amide bonds. The van der Waals surface area contributed by atoms with Gasteiger partial charge in [-0.05, 0) is 12.1 Å². The third-order valence-corrected chi connectivity index (χ3v) is 3.39. The summed E-state index contributed by atoms with van der Waals surface area (Å²) in [7, 11) is 0. The number of carbonyl (C=O) groups excluding carboxylic acids is 1. The zero-order valence-corrected chi connectivity index (χ0v) is 12.4. The Morgan fingerprint density at radius 1 is 1.52 bits per heavy atom. The number of nitrogens with zero attached hydrogens (tertiary/aromatic N) is 1. The lowest BCUT2D eigenvalue weighted by atomic mass is 10.2. The number of thiocarbonyl (C=S) groups is 1. The van der Waals surface area contributed by atoms with E-state index in [1.807, 2.05) is 17.0 Å². The van der Waals surface area contributed by atoms with E-state index in [0.717, 1.165) is 6.54 Å². The van der Waals surface area contributed by atoms with Crippen molar-refractivity contribution in [2.45, 2.75) is 6.10 Å². The summed E-state index contributed by atoms with van der Waals surface area (Å²) in [6.07, 6.45) is -0.685. The lowest BCUT2D eigenvalue weighted by Gasteiger charge is -2.28. The van der Waals surface area contributed by atoms with Gasteiger partial charge in [-0.3, -0.25) is 9.69 Å². The van der Waals surface area contributed by atoms with Gasteiger partial charge < -0.3 is 20.9 Å². The van der Waals surface area contributed by atoms with Gasteiger partial charge in [-0.25, -0.2) is 0 Å². The first-order chi connectivity index (χ1) is 10.1.